The molecule has 88 valence electrons. The van der Waals surface area contributed by atoms with Crippen LogP contribution in [0.5, 0.6) is 0 Å². The molecule has 0 unspecified atom stereocenters. The Bertz CT molecular complexity index is 627. The van der Waals surface area contributed by atoms with Crippen LogP contribution in [0.3, 0.4) is 0 Å². The molecule has 0 aliphatic carbocycles. The highest BCUT2D eigenvalue weighted by Crippen LogP contribution is 2.09. The van der Waals surface area contributed by atoms with Gasteiger partial charge < -0.3 is 9.32 Å². The van der Waals surface area contributed by atoms with E-state index in [0.717, 1.165) is 0 Å². The first-order valence-corrected chi connectivity index (χ1v) is 5.36. The average molecular weight is 231 g/mol. The topological polar surface area (TPSA) is 37.3 Å². The van der Waals surface area contributed by atoms with E-state index in [0.29, 0.717) is 16.9 Å². The second-order valence-corrected chi connectivity index (χ2v) is 4.08. The summed E-state index contributed by atoms with van der Waals surface area (Å²) in [5.74, 6) is 0.530. The first kappa shape index (κ1) is 11.4. The van der Waals surface area contributed by atoms with Crippen molar-refractivity contribution in [2.24, 2.45) is 7.05 Å². The van der Waals surface area contributed by atoms with E-state index in [4.69, 9.17) is 4.42 Å². The van der Waals surface area contributed by atoms with Gasteiger partial charge in [0, 0.05) is 20.3 Å². The van der Waals surface area contributed by atoms with Crippen LogP contribution in [-0.2, 0) is 7.05 Å². The van der Waals surface area contributed by atoms with Gasteiger partial charge in [0.05, 0.1) is 6.08 Å². The molecule has 1 aromatic carbocycles. The number of fused-ring (bicyclic) bond motifs is 1. The molecule has 0 aliphatic rings. The van der Waals surface area contributed by atoms with Gasteiger partial charge in [-0.15, -0.1) is 4.57 Å². The van der Waals surface area contributed by atoms with Gasteiger partial charge in [-0.2, -0.15) is 0 Å². The molecule has 1 heterocycles. The first-order chi connectivity index (χ1) is 8.09. The average Bonchev–Trinajstić information content (AvgIpc) is 2.32. The van der Waals surface area contributed by atoms with Crippen molar-refractivity contribution in [2.45, 2.75) is 0 Å². The quantitative estimate of drug-likeness (QED) is 0.728. The van der Waals surface area contributed by atoms with Gasteiger partial charge in [0.2, 0.25) is 0 Å². The molecule has 0 bridgehead atoms. The van der Waals surface area contributed by atoms with Crippen LogP contribution in [0.2, 0.25) is 0 Å². The van der Waals surface area contributed by atoms with Crippen molar-refractivity contribution in [2.75, 3.05) is 14.1 Å². The zero-order chi connectivity index (χ0) is 12.4. The molecular weight excluding hydrogens is 216 g/mol. The Morgan fingerprint density at radius 2 is 2.00 bits per heavy atom. The van der Waals surface area contributed by atoms with Gasteiger partial charge in [0.15, 0.2) is 5.58 Å². The summed E-state index contributed by atoms with van der Waals surface area (Å²) in [6, 6.07) is 7.24. The third-order valence-corrected chi connectivity index (χ3v) is 2.48. The van der Waals surface area contributed by atoms with Gasteiger partial charge in [-0.1, -0.05) is 12.1 Å². The normalized spacial score (nSPS) is 11.2. The van der Waals surface area contributed by atoms with E-state index >= 15 is 0 Å². The van der Waals surface area contributed by atoms with Gasteiger partial charge in [0.1, 0.15) is 12.4 Å². The minimum atomic E-state index is -0.0507. The monoisotopic (exact) mass is 231 g/mol. The number of para-hydroxylation sites is 1. The highest BCUT2D eigenvalue weighted by atomic mass is 16.3. The van der Waals surface area contributed by atoms with Crippen LogP contribution >= 0.6 is 0 Å². The fourth-order valence-corrected chi connectivity index (χ4v) is 1.55. The fraction of sp³-hybridized carbons (Fsp3) is 0.231. The zero-order valence-corrected chi connectivity index (χ0v) is 10.2. The molecule has 0 saturated heterocycles. The highest BCUT2D eigenvalue weighted by molar-refractivity contribution is 5.74. The van der Waals surface area contributed by atoms with E-state index in [2.05, 4.69) is 0 Å². The van der Waals surface area contributed by atoms with Crippen molar-refractivity contribution in [3.63, 3.8) is 0 Å². The molecule has 4 heteroatoms. The summed E-state index contributed by atoms with van der Waals surface area (Å²) in [5.41, 5.74) is 0.555. The third kappa shape index (κ3) is 2.20. The van der Waals surface area contributed by atoms with E-state index < -0.39 is 0 Å². The molecule has 0 radical (unpaired) electrons. The summed E-state index contributed by atoms with van der Waals surface area (Å²) < 4.78 is 7.18. The van der Waals surface area contributed by atoms with E-state index in [1.807, 2.05) is 37.3 Å². The van der Waals surface area contributed by atoms with Crippen molar-refractivity contribution in [3.8, 4) is 0 Å². The molecule has 1 aromatic heterocycles. The van der Waals surface area contributed by atoms with Crippen molar-refractivity contribution in [1.82, 2.24) is 4.90 Å². The lowest BCUT2D eigenvalue weighted by molar-refractivity contribution is -0.695. The van der Waals surface area contributed by atoms with Crippen LogP contribution < -0.4 is 10.1 Å². The Kier molecular flexibility index (Phi) is 2.95. The van der Waals surface area contributed by atoms with Gasteiger partial charge >= 0.3 is 11.4 Å². The lowest BCUT2D eigenvalue weighted by atomic mass is 10.2. The van der Waals surface area contributed by atoms with Gasteiger partial charge in [-0.3, -0.25) is 0 Å². The first-order valence-electron chi connectivity index (χ1n) is 5.36. The molecule has 0 fully saturated rings. The lowest BCUT2D eigenvalue weighted by Gasteiger charge is -2.02. The Hall–Kier alpha value is -2.10. The summed E-state index contributed by atoms with van der Waals surface area (Å²) in [6.07, 6.45) is 3.61. The number of benzene rings is 1. The van der Waals surface area contributed by atoms with Gasteiger partial charge in [-0.25, -0.2) is 4.79 Å². The maximum Gasteiger partial charge on any atom is 0.426 e. The molecule has 0 spiro atoms. The number of aromatic nitrogens is 1. The smallest absolute Gasteiger partial charge is 0.404 e. The molecule has 0 N–H and O–H groups in total. The molecule has 2 aromatic rings. The number of rotatable bonds is 2. The van der Waals surface area contributed by atoms with E-state index in [9.17, 15) is 4.79 Å². The van der Waals surface area contributed by atoms with Crippen LogP contribution in [0.25, 0.3) is 17.0 Å². The number of hydrogen-bond donors (Lipinski definition) is 0. The third-order valence-electron chi connectivity index (χ3n) is 2.48. The number of nitrogens with zero attached hydrogens (tertiary/aromatic N) is 2. The number of hydrogen-bond acceptors (Lipinski definition) is 3. The Balaban J connectivity index is 2.66. The van der Waals surface area contributed by atoms with E-state index in [1.165, 1.54) is 4.57 Å². The minimum absolute atomic E-state index is 0.0507. The second-order valence-electron chi connectivity index (χ2n) is 4.08. The van der Waals surface area contributed by atoms with Crippen LogP contribution in [0.15, 0.2) is 39.7 Å². The van der Waals surface area contributed by atoms with Crippen molar-refractivity contribution >= 4 is 17.0 Å². The summed E-state index contributed by atoms with van der Waals surface area (Å²) in [6.45, 7) is 0. The maximum absolute atomic E-state index is 12.0. The van der Waals surface area contributed by atoms with Gasteiger partial charge in [-0.05, 0) is 12.1 Å². The molecule has 0 aliphatic heterocycles. The summed E-state index contributed by atoms with van der Waals surface area (Å²) in [4.78, 5) is 13.9. The van der Waals surface area contributed by atoms with E-state index in [-0.39, 0.29) is 5.56 Å². The SMILES string of the molecule is CN(C)/C=C/c1oc2ccccc2c(=O)[n+]1C. The summed E-state index contributed by atoms with van der Waals surface area (Å²) in [7, 11) is 5.53. The molecule has 0 atom stereocenters. The Morgan fingerprint density at radius 1 is 1.29 bits per heavy atom. The second kappa shape index (κ2) is 4.41. The van der Waals surface area contributed by atoms with Crippen molar-refractivity contribution in [3.05, 3.63) is 46.7 Å². The van der Waals surface area contributed by atoms with Crippen LogP contribution in [-0.4, -0.2) is 19.0 Å². The van der Waals surface area contributed by atoms with Crippen LogP contribution in [0.1, 0.15) is 5.89 Å². The van der Waals surface area contributed by atoms with Crippen molar-refractivity contribution in [1.29, 1.82) is 0 Å². The van der Waals surface area contributed by atoms with E-state index in [1.54, 1.807) is 25.3 Å². The predicted octanol–water partition coefficient (Wildman–Crippen LogP) is 1.15. The Morgan fingerprint density at radius 3 is 2.71 bits per heavy atom. The molecular formula is C13H15N2O2+. The highest BCUT2D eigenvalue weighted by Gasteiger charge is 2.15. The fourth-order valence-electron chi connectivity index (χ4n) is 1.55. The lowest BCUT2D eigenvalue weighted by Crippen LogP contribution is -2.48. The van der Waals surface area contributed by atoms with Gasteiger partial charge in [0.25, 0.3) is 0 Å². The Labute approximate surface area is 99.4 Å². The molecule has 4 nitrogen and oxygen atoms in total. The summed E-state index contributed by atoms with van der Waals surface area (Å²) in [5, 5.41) is 0.594. The van der Waals surface area contributed by atoms with Crippen LogP contribution in [0, 0.1) is 0 Å². The molecule has 0 amide bonds. The molecule has 2 rings (SSSR count). The predicted molar refractivity (Wildman–Crippen MR) is 66.4 cm³/mol. The van der Waals surface area contributed by atoms with Crippen LogP contribution in [0.4, 0.5) is 0 Å². The maximum atomic E-state index is 12.0. The molecule has 0 saturated carbocycles. The standard InChI is InChI=1S/C13H15N2O2/c1-14(2)9-8-12-15(3)13(16)10-6-4-5-7-11(10)17-12/h4-9H,1-3H3/q+1. The largest absolute Gasteiger partial charge is 0.426 e. The minimum Gasteiger partial charge on any atom is -0.404 e. The van der Waals surface area contributed by atoms with Crippen molar-refractivity contribution < 1.29 is 8.98 Å². The zero-order valence-electron chi connectivity index (χ0n) is 10.2. The molecule has 17 heavy (non-hydrogen) atoms. The summed E-state index contributed by atoms with van der Waals surface area (Å²) >= 11 is 0.